The number of nitrogens with one attached hydrogen (secondary N) is 2. The standard InChI is InChI=1S/C15H20N6/c1-10-13(7-16)6-14(17-10)9-21-5-3-4-12(8-21)15-18-11(2)19-20-15/h6,12,17H,3-5,8-9H2,1-2H3,(H,18,19,20)/t12-/m1/s1. The van der Waals surface area contributed by atoms with E-state index in [2.05, 4.69) is 31.1 Å². The first kappa shape index (κ1) is 13.8. The van der Waals surface area contributed by atoms with Gasteiger partial charge in [0.15, 0.2) is 5.82 Å². The molecule has 2 aromatic heterocycles. The summed E-state index contributed by atoms with van der Waals surface area (Å²) in [4.78, 5) is 10.2. The van der Waals surface area contributed by atoms with Crippen LogP contribution in [0.4, 0.5) is 0 Å². The highest BCUT2D eigenvalue weighted by Gasteiger charge is 2.24. The Labute approximate surface area is 124 Å². The molecule has 3 rings (SSSR count). The Morgan fingerprint density at radius 2 is 2.33 bits per heavy atom. The highest BCUT2D eigenvalue weighted by Crippen LogP contribution is 2.25. The van der Waals surface area contributed by atoms with Gasteiger partial charge in [0.2, 0.25) is 0 Å². The monoisotopic (exact) mass is 284 g/mol. The van der Waals surface area contributed by atoms with Crippen LogP contribution < -0.4 is 0 Å². The van der Waals surface area contributed by atoms with Crippen molar-refractivity contribution < 1.29 is 0 Å². The number of nitrogens with zero attached hydrogens (tertiary/aromatic N) is 4. The molecule has 1 saturated heterocycles. The molecule has 0 bridgehead atoms. The number of likely N-dealkylation sites (tertiary alicyclic amines) is 1. The summed E-state index contributed by atoms with van der Waals surface area (Å²) in [5.74, 6) is 2.20. The van der Waals surface area contributed by atoms with Crippen molar-refractivity contribution in [2.45, 2.75) is 39.2 Å². The lowest BCUT2D eigenvalue weighted by atomic mass is 9.97. The Hall–Kier alpha value is -2.13. The summed E-state index contributed by atoms with van der Waals surface area (Å²) in [6.45, 7) is 6.78. The van der Waals surface area contributed by atoms with Crippen molar-refractivity contribution >= 4 is 0 Å². The van der Waals surface area contributed by atoms with Gasteiger partial charge < -0.3 is 4.98 Å². The number of rotatable bonds is 3. The van der Waals surface area contributed by atoms with E-state index in [-0.39, 0.29) is 0 Å². The molecule has 2 aromatic rings. The maximum atomic E-state index is 9.03. The van der Waals surface area contributed by atoms with Crippen LogP contribution in [0.25, 0.3) is 0 Å². The summed E-state index contributed by atoms with van der Waals surface area (Å²) in [6.07, 6.45) is 2.30. The second-order valence-electron chi connectivity index (χ2n) is 5.80. The zero-order chi connectivity index (χ0) is 14.8. The van der Waals surface area contributed by atoms with Crippen molar-refractivity contribution in [2.24, 2.45) is 0 Å². The fraction of sp³-hybridized carbons (Fsp3) is 0.533. The van der Waals surface area contributed by atoms with Gasteiger partial charge in [-0.15, -0.1) is 0 Å². The smallest absolute Gasteiger partial charge is 0.155 e. The molecular formula is C15H20N6. The van der Waals surface area contributed by atoms with E-state index in [4.69, 9.17) is 5.26 Å². The zero-order valence-corrected chi connectivity index (χ0v) is 12.5. The lowest BCUT2D eigenvalue weighted by molar-refractivity contribution is 0.195. The molecule has 3 heterocycles. The normalized spacial score (nSPS) is 19.6. The molecule has 6 nitrogen and oxygen atoms in total. The molecular weight excluding hydrogens is 264 g/mol. The number of H-pyrrole nitrogens is 2. The summed E-state index contributed by atoms with van der Waals surface area (Å²) >= 11 is 0. The maximum absolute atomic E-state index is 9.03. The minimum atomic E-state index is 0.398. The van der Waals surface area contributed by atoms with Crippen LogP contribution in [0.15, 0.2) is 6.07 Å². The first-order chi connectivity index (χ1) is 10.2. The number of hydrogen-bond acceptors (Lipinski definition) is 4. The molecule has 1 aliphatic heterocycles. The number of aromatic amines is 2. The summed E-state index contributed by atoms with van der Waals surface area (Å²) < 4.78 is 0. The third-order valence-corrected chi connectivity index (χ3v) is 4.07. The third kappa shape index (κ3) is 2.98. The molecule has 110 valence electrons. The Balaban J connectivity index is 1.67. The van der Waals surface area contributed by atoms with Crippen LogP contribution >= 0.6 is 0 Å². The van der Waals surface area contributed by atoms with Gasteiger partial charge in [-0.3, -0.25) is 10.00 Å². The van der Waals surface area contributed by atoms with Crippen molar-refractivity contribution in [3.05, 3.63) is 34.7 Å². The molecule has 0 amide bonds. The number of piperidine rings is 1. The van der Waals surface area contributed by atoms with Gasteiger partial charge in [-0.05, 0) is 39.3 Å². The molecule has 1 fully saturated rings. The Bertz CT molecular complexity index is 662. The molecule has 0 spiro atoms. The maximum Gasteiger partial charge on any atom is 0.155 e. The zero-order valence-electron chi connectivity index (χ0n) is 12.5. The van der Waals surface area contributed by atoms with Gasteiger partial charge in [-0.25, -0.2) is 4.98 Å². The molecule has 21 heavy (non-hydrogen) atoms. The van der Waals surface area contributed by atoms with Crippen molar-refractivity contribution in [3.8, 4) is 6.07 Å². The molecule has 1 atom stereocenters. The summed E-state index contributed by atoms with van der Waals surface area (Å²) in [5.41, 5.74) is 2.80. The van der Waals surface area contributed by atoms with Gasteiger partial charge in [0.25, 0.3) is 0 Å². The molecule has 0 radical (unpaired) electrons. The van der Waals surface area contributed by atoms with Gasteiger partial charge in [0, 0.05) is 30.4 Å². The predicted molar refractivity (Wildman–Crippen MR) is 78.6 cm³/mol. The second kappa shape index (κ2) is 5.70. The molecule has 2 N–H and O–H groups in total. The Morgan fingerprint density at radius 3 is 3.00 bits per heavy atom. The van der Waals surface area contributed by atoms with E-state index in [0.29, 0.717) is 5.92 Å². The van der Waals surface area contributed by atoms with E-state index in [1.807, 2.05) is 19.9 Å². The number of nitriles is 1. The molecule has 0 unspecified atom stereocenters. The quantitative estimate of drug-likeness (QED) is 0.903. The third-order valence-electron chi connectivity index (χ3n) is 4.07. The fourth-order valence-electron chi connectivity index (χ4n) is 3.02. The van der Waals surface area contributed by atoms with E-state index in [1.54, 1.807) is 0 Å². The lowest BCUT2D eigenvalue weighted by Crippen LogP contribution is -2.34. The first-order valence-electron chi connectivity index (χ1n) is 7.35. The second-order valence-corrected chi connectivity index (χ2v) is 5.80. The Kier molecular flexibility index (Phi) is 3.76. The molecule has 0 saturated carbocycles. The first-order valence-corrected chi connectivity index (χ1v) is 7.35. The van der Waals surface area contributed by atoms with Crippen LogP contribution in [0, 0.1) is 25.2 Å². The van der Waals surface area contributed by atoms with Crippen LogP contribution in [0.1, 0.15) is 47.4 Å². The van der Waals surface area contributed by atoms with E-state index < -0.39 is 0 Å². The predicted octanol–water partition coefficient (Wildman–Crippen LogP) is 2.00. The summed E-state index contributed by atoms with van der Waals surface area (Å²) in [7, 11) is 0. The van der Waals surface area contributed by atoms with Gasteiger partial charge in [-0.2, -0.15) is 10.4 Å². The highest BCUT2D eigenvalue weighted by molar-refractivity contribution is 5.35. The van der Waals surface area contributed by atoms with Crippen molar-refractivity contribution in [1.29, 1.82) is 5.26 Å². The summed E-state index contributed by atoms with van der Waals surface area (Å²) in [5, 5.41) is 16.3. The average Bonchev–Trinajstić information content (AvgIpc) is 3.05. The number of aromatic nitrogens is 4. The van der Waals surface area contributed by atoms with Gasteiger partial charge in [0.05, 0.1) is 5.56 Å². The van der Waals surface area contributed by atoms with Crippen molar-refractivity contribution in [2.75, 3.05) is 13.1 Å². The van der Waals surface area contributed by atoms with Gasteiger partial charge in [-0.1, -0.05) is 0 Å². The van der Waals surface area contributed by atoms with Crippen LogP contribution in [-0.2, 0) is 6.54 Å². The molecule has 1 aliphatic rings. The van der Waals surface area contributed by atoms with E-state index in [0.717, 1.165) is 61.1 Å². The van der Waals surface area contributed by atoms with Crippen molar-refractivity contribution in [3.63, 3.8) is 0 Å². The lowest BCUT2D eigenvalue weighted by Gasteiger charge is -2.31. The van der Waals surface area contributed by atoms with Gasteiger partial charge in [0.1, 0.15) is 11.9 Å². The number of aryl methyl sites for hydroxylation is 2. The van der Waals surface area contributed by atoms with E-state index >= 15 is 0 Å². The topological polar surface area (TPSA) is 84.4 Å². The van der Waals surface area contributed by atoms with E-state index in [1.165, 1.54) is 0 Å². The van der Waals surface area contributed by atoms with Gasteiger partial charge >= 0.3 is 0 Å². The van der Waals surface area contributed by atoms with E-state index in [9.17, 15) is 0 Å². The minimum Gasteiger partial charge on any atom is -0.360 e. The number of hydrogen-bond donors (Lipinski definition) is 2. The Morgan fingerprint density at radius 1 is 1.48 bits per heavy atom. The SMILES string of the molecule is Cc1nc([C@@H]2CCCN(Cc3cc(C#N)c(C)[nH]3)C2)n[nH]1. The fourth-order valence-corrected chi connectivity index (χ4v) is 3.02. The minimum absolute atomic E-state index is 0.398. The van der Waals surface area contributed by atoms with Crippen LogP contribution in [0.3, 0.4) is 0 Å². The average molecular weight is 284 g/mol. The summed E-state index contributed by atoms with van der Waals surface area (Å²) in [6, 6.07) is 4.17. The molecule has 0 aromatic carbocycles. The highest BCUT2D eigenvalue weighted by atomic mass is 15.2. The van der Waals surface area contributed by atoms with Crippen LogP contribution in [-0.4, -0.2) is 38.2 Å². The van der Waals surface area contributed by atoms with Crippen LogP contribution in [0.2, 0.25) is 0 Å². The molecule has 0 aliphatic carbocycles. The van der Waals surface area contributed by atoms with Crippen LogP contribution in [0.5, 0.6) is 0 Å². The largest absolute Gasteiger partial charge is 0.360 e. The van der Waals surface area contributed by atoms with Crippen molar-refractivity contribution in [1.82, 2.24) is 25.1 Å². The molecule has 6 heteroatoms.